The molecule has 0 fully saturated rings. The zero-order valence-electron chi connectivity index (χ0n) is 31.6. The molecule has 2 aliphatic carbocycles. The third kappa shape index (κ3) is 4.75. The van der Waals surface area contributed by atoms with E-state index in [0.717, 1.165) is 27.8 Å². The maximum atomic E-state index is 14.9. The fourth-order valence-electron chi connectivity index (χ4n) is 9.78. The molecule has 1 aromatic heterocycles. The van der Waals surface area contributed by atoms with Crippen molar-refractivity contribution in [3.05, 3.63) is 222 Å². The highest BCUT2D eigenvalue weighted by atomic mass is 32.2. The van der Waals surface area contributed by atoms with Gasteiger partial charge in [0.1, 0.15) is 0 Å². The summed E-state index contributed by atoms with van der Waals surface area (Å²) in [5, 5.41) is 0. The Morgan fingerprint density at radius 1 is 0.390 bits per heavy atom. The molecule has 1 spiro atoms. The molecule has 9 aromatic rings. The normalized spacial score (nSPS) is 14.5. The van der Waals surface area contributed by atoms with Crippen LogP contribution >= 0.6 is 0 Å². The summed E-state index contributed by atoms with van der Waals surface area (Å²) in [5.74, 6) is 0.717. The lowest BCUT2D eigenvalue weighted by atomic mass is 9.70. The molecule has 0 radical (unpaired) electrons. The smallest absolute Gasteiger partial charge is 0.228 e. The summed E-state index contributed by atoms with van der Waals surface area (Å²) in [6.45, 7) is 0. The van der Waals surface area contributed by atoms with E-state index < -0.39 is 15.4 Å². The molecule has 0 bridgehead atoms. The quantitative estimate of drug-likeness (QED) is 0.179. The first-order valence-corrected chi connectivity index (χ1v) is 21.2. The summed E-state index contributed by atoms with van der Waals surface area (Å²) in [5.41, 5.74) is 16.0. The van der Waals surface area contributed by atoms with Crippen LogP contribution in [0.25, 0.3) is 67.2 Å². The van der Waals surface area contributed by atoms with Crippen molar-refractivity contribution in [2.75, 3.05) is 4.31 Å². The van der Waals surface area contributed by atoms with Crippen molar-refractivity contribution in [3.63, 3.8) is 0 Å². The highest BCUT2D eigenvalue weighted by molar-refractivity contribution is 7.93. The van der Waals surface area contributed by atoms with Gasteiger partial charge >= 0.3 is 0 Å². The SMILES string of the molecule is O=S1(=O)c2ccccc2-c2cc(-c3ccc4c(c3)C3(c5ccccc5-c5ccccc53)c3ccccc3-4)ccc2N1c1cc(-c2ccccc2)nc(-c2ccccc2)n1. The van der Waals surface area contributed by atoms with Crippen LogP contribution in [-0.4, -0.2) is 18.4 Å². The first kappa shape index (κ1) is 33.7. The molecule has 0 saturated heterocycles. The molecule has 12 rings (SSSR count). The first-order valence-electron chi connectivity index (χ1n) is 19.7. The maximum absolute atomic E-state index is 14.9. The van der Waals surface area contributed by atoms with Crippen molar-refractivity contribution < 1.29 is 8.42 Å². The van der Waals surface area contributed by atoms with E-state index in [1.165, 1.54) is 48.8 Å². The summed E-state index contributed by atoms with van der Waals surface area (Å²) in [6, 6.07) is 68.0. The highest BCUT2D eigenvalue weighted by Crippen LogP contribution is 2.63. The number of benzene rings is 8. The lowest BCUT2D eigenvalue weighted by Crippen LogP contribution is -2.31. The van der Waals surface area contributed by atoms with Gasteiger partial charge in [-0.25, -0.2) is 22.7 Å². The van der Waals surface area contributed by atoms with Gasteiger partial charge in [0.15, 0.2) is 11.6 Å². The number of sulfonamides is 1. The van der Waals surface area contributed by atoms with Gasteiger partial charge in [0.05, 0.1) is 21.7 Å². The van der Waals surface area contributed by atoms with Crippen LogP contribution in [0.15, 0.2) is 205 Å². The number of rotatable bonds is 4. The number of nitrogens with zero attached hydrogens (tertiary/aromatic N) is 3. The fraction of sp³-hybridized carbons (Fsp3) is 0.0189. The summed E-state index contributed by atoms with van der Waals surface area (Å²) in [6.07, 6.45) is 0. The predicted octanol–water partition coefficient (Wildman–Crippen LogP) is 12.3. The molecule has 5 nitrogen and oxygen atoms in total. The Bertz CT molecular complexity index is 3190. The third-order valence-corrected chi connectivity index (χ3v) is 14.0. The van der Waals surface area contributed by atoms with Crippen LogP contribution in [0.1, 0.15) is 22.3 Å². The van der Waals surface area contributed by atoms with E-state index in [0.29, 0.717) is 22.8 Å². The van der Waals surface area contributed by atoms with Crippen LogP contribution in [0, 0.1) is 0 Å². The largest absolute Gasteiger partial charge is 0.270 e. The summed E-state index contributed by atoms with van der Waals surface area (Å²) in [4.78, 5) is 10.1. The van der Waals surface area contributed by atoms with Gasteiger partial charge in [-0.2, -0.15) is 0 Å². The molecule has 1 aliphatic heterocycles. The molecule has 6 heteroatoms. The Morgan fingerprint density at radius 2 is 0.898 bits per heavy atom. The minimum Gasteiger partial charge on any atom is -0.228 e. The van der Waals surface area contributed by atoms with Gasteiger partial charge in [-0.1, -0.05) is 170 Å². The predicted molar refractivity (Wildman–Crippen MR) is 236 cm³/mol. The maximum Gasteiger partial charge on any atom is 0.270 e. The summed E-state index contributed by atoms with van der Waals surface area (Å²) < 4.78 is 31.1. The second kappa shape index (κ2) is 12.5. The average molecular weight is 776 g/mol. The van der Waals surface area contributed by atoms with Crippen LogP contribution in [-0.2, 0) is 15.4 Å². The Kier molecular flexibility index (Phi) is 7.17. The highest BCUT2D eigenvalue weighted by Gasteiger charge is 2.51. The van der Waals surface area contributed by atoms with E-state index in [2.05, 4.69) is 97.1 Å². The van der Waals surface area contributed by atoms with E-state index in [1.807, 2.05) is 84.9 Å². The molecule has 0 N–H and O–H groups in total. The number of anilines is 2. The molecule has 8 aromatic carbocycles. The molecule has 3 aliphatic rings. The Balaban J connectivity index is 1.07. The Hall–Kier alpha value is -7.41. The lowest BCUT2D eigenvalue weighted by molar-refractivity contribution is 0.595. The standard InChI is InChI=1S/C53H33N3O2S/c57-59(58)50-26-14-10-22-42(50)43-31-36(28-30-49(43)56(59)51-33-48(34-15-3-1-4-16-34)54-52(55-51)35-17-5-2-6-18-35)37-27-29-41-40-21-9-13-25-46(40)53(47(41)32-37)44-23-11-7-19-38(44)39-20-8-12-24-45(39)53/h1-33H. The molecule has 2 heterocycles. The van der Waals surface area contributed by atoms with Crippen LogP contribution < -0.4 is 4.31 Å². The summed E-state index contributed by atoms with van der Waals surface area (Å²) >= 11 is 0. The van der Waals surface area contributed by atoms with Gasteiger partial charge in [0.2, 0.25) is 0 Å². The molecule has 278 valence electrons. The third-order valence-electron chi connectivity index (χ3n) is 12.3. The number of hydrogen-bond donors (Lipinski definition) is 0. The van der Waals surface area contributed by atoms with Gasteiger partial charge < -0.3 is 0 Å². The molecule has 0 unspecified atom stereocenters. The Labute approximate surface area is 342 Å². The van der Waals surface area contributed by atoms with Crippen LogP contribution in [0.3, 0.4) is 0 Å². The zero-order chi connectivity index (χ0) is 39.3. The summed E-state index contributed by atoms with van der Waals surface area (Å²) in [7, 11) is -4.09. The fourth-order valence-corrected chi connectivity index (χ4v) is 11.4. The number of aromatic nitrogens is 2. The van der Waals surface area contributed by atoms with Gasteiger partial charge in [-0.15, -0.1) is 0 Å². The number of hydrogen-bond acceptors (Lipinski definition) is 4. The van der Waals surface area contributed by atoms with Crippen molar-refractivity contribution in [2.45, 2.75) is 10.3 Å². The monoisotopic (exact) mass is 775 g/mol. The molecule has 0 amide bonds. The first-order chi connectivity index (χ1) is 29.0. The van der Waals surface area contributed by atoms with Crippen molar-refractivity contribution in [1.82, 2.24) is 9.97 Å². The van der Waals surface area contributed by atoms with Crippen molar-refractivity contribution in [3.8, 4) is 67.2 Å². The number of fused-ring (bicyclic) bond motifs is 13. The van der Waals surface area contributed by atoms with Crippen LogP contribution in [0.2, 0.25) is 0 Å². The molecule has 0 atom stereocenters. The topological polar surface area (TPSA) is 63.2 Å². The van der Waals surface area contributed by atoms with Crippen molar-refractivity contribution >= 4 is 21.5 Å². The van der Waals surface area contributed by atoms with Crippen LogP contribution in [0.4, 0.5) is 11.5 Å². The van der Waals surface area contributed by atoms with Crippen molar-refractivity contribution in [1.29, 1.82) is 0 Å². The van der Waals surface area contributed by atoms with Crippen molar-refractivity contribution in [2.24, 2.45) is 0 Å². The lowest BCUT2D eigenvalue weighted by Gasteiger charge is -2.32. The molecular weight excluding hydrogens is 743 g/mol. The Morgan fingerprint density at radius 3 is 1.54 bits per heavy atom. The second-order valence-electron chi connectivity index (χ2n) is 15.3. The second-order valence-corrected chi connectivity index (χ2v) is 17.1. The van der Waals surface area contributed by atoms with E-state index in [-0.39, 0.29) is 10.7 Å². The van der Waals surface area contributed by atoms with Gasteiger partial charge in [-0.05, 0) is 79.9 Å². The molecule has 59 heavy (non-hydrogen) atoms. The minimum absolute atomic E-state index is 0.230. The van der Waals surface area contributed by atoms with Gasteiger partial charge in [0, 0.05) is 28.3 Å². The van der Waals surface area contributed by atoms with E-state index in [4.69, 9.17) is 9.97 Å². The minimum atomic E-state index is -4.09. The zero-order valence-corrected chi connectivity index (χ0v) is 32.4. The van der Waals surface area contributed by atoms with Gasteiger partial charge in [0.25, 0.3) is 10.0 Å². The average Bonchev–Trinajstić information content (AvgIpc) is 3.76. The molecular formula is C53H33N3O2S. The van der Waals surface area contributed by atoms with E-state index in [1.54, 1.807) is 18.2 Å². The van der Waals surface area contributed by atoms with E-state index >= 15 is 0 Å². The van der Waals surface area contributed by atoms with E-state index in [9.17, 15) is 8.42 Å². The van der Waals surface area contributed by atoms with Crippen LogP contribution in [0.5, 0.6) is 0 Å². The molecule has 0 saturated carbocycles. The van der Waals surface area contributed by atoms with Gasteiger partial charge in [-0.3, -0.25) is 0 Å².